The first kappa shape index (κ1) is 17.1. The summed E-state index contributed by atoms with van der Waals surface area (Å²) in [6.07, 6.45) is 6.75. The third-order valence-electron chi connectivity index (χ3n) is 5.70. The zero-order valence-electron chi connectivity index (χ0n) is 16.3. The first-order valence-corrected chi connectivity index (χ1v) is 10.2. The van der Waals surface area contributed by atoms with Gasteiger partial charge in [0.15, 0.2) is 5.82 Å². The van der Waals surface area contributed by atoms with Crippen molar-refractivity contribution in [2.24, 2.45) is 0 Å². The van der Waals surface area contributed by atoms with Gasteiger partial charge in [-0.3, -0.25) is 0 Å². The number of aryl methyl sites for hydroxylation is 3. The highest BCUT2D eigenvalue weighted by Gasteiger charge is 2.22. The van der Waals surface area contributed by atoms with Crippen LogP contribution in [0.2, 0.25) is 0 Å². The number of hydrogen-bond donors (Lipinski definition) is 0. The van der Waals surface area contributed by atoms with Gasteiger partial charge >= 0.3 is 0 Å². The van der Waals surface area contributed by atoms with Crippen molar-refractivity contribution in [2.75, 3.05) is 0 Å². The molecule has 2 aromatic carbocycles. The minimum Gasteiger partial charge on any atom is -0.486 e. The van der Waals surface area contributed by atoms with Gasteiger partial charge in [-0.15, -0.1) is 5.10 Å². The summed E-state index contributed by atoms with van der Waals surface area (Å²) in [6.45, 7) is 3.69. The Morgan fingerprint density at radius 2 is 1.82 bits per heavy atom. The minimum absolute atomic E-state index is 0.492. The van der Waals surface area contributed by atoms with Crippen molar-refractivity contribution >= 4 is 5.65 Å². The van der Waals surface area contributed by atoms with E-state index in [-0.39, 0.29) is 0 Å². The van der Waals surface area contributed by atoms with Crippen LogP contribution in [0.15, 0.2) is 60.8 Å². The second-order valence-electron chi connectivity index (χ2n) is 7.47. The number of para-hydroxylation sites is 1. The molecule has 4 aromatic rings. The van der Waals surface area contributed by atoms with Gasteiger partial charge in [0.05, 0.1) is 0 Å². The first-order valence-electron chi connectivity index (χ1n) is 10.2. The highest BCUT2D eigenvalue weighted by atomic mass is 16.5. The molecule has 0 aliphatic carbocycles. The number of ether oxygens (including phenoxy) is 1. The van der Waals surface area contributed by atoms with Crippen LogP contribution in [-0.2, 0) is 26.0 Å². The van der Waals surface area contributed by atoms with Gasteiger partial charge in [0.25, 0.3) is 0 Å². The van der Waals surface area contributed by atoms with E-state index in [0.29, 0.717) is 6.61 Å². The van der Waals surface area contributed by atoms with Crippen LogP contribution in [-0.4, -0.2) is 14.2 Å². The van der Waals surface area contributed by atoms with Crippen LogP contribution >= 0.6 is 0 Å². The number of nitrogens with zero attached hydrogens (tertiary/aromatic N) is 3. The van der Waals surface area contributed by atoms with E-state index in [0.717, 1.165) is 31.0 Å². The van der Waals surface area contributed by atoms with E-state index in [1.54, 1.807) is 0 Å². The molecule has 2 aromatic heterocycles. The molecule has 0 spiro atoms. The Morgan fingerprint density at radius 3 is 2.61 bits per heavy atom. The second kappa shape index (κ2) is 7.19. The highest BCUT2D eigenvalue weighted by Crippen LogP contribution is 2.33. The average molecular weight is 371 g/mol. The summed E-state index contributed by atoms with van der Waals surface area (Å²) in [6, 6.07) is 18.9. The minimum atomic E-state index is 0.492. The van der Waals surface area contributed by atoms with Gasteiger partial charge < -0.3 is 9.30 Å². The molecule has 5 rings (SSSR count). The van der Waals surface area contributed by atoms with Gasteiger partial charge in [-0.1, -0.05) is 49.4 Å². The van der Waals surface area contributed by atoms with Gasteiger partial charge in [-0.05, 0) is 48.9 Å². The lowest BCUT2D eigenvalue weighted by atomic mass is 9.99. The molecule has 4 heteroatoms. The number of benzene rings is 2. The van der Waals surface area contributed by atoms with Crippen LogP contribution in [0.25, 0.3) is 16.8 Å². The summed E-state index contributed by atoms with van der Waals surface area (Å²) in [5, 5.41) is 4.88. The summed E-state index contributed by atoms with van der Waals surface area (Å²) >= 11 is 0. The molecule has 28 heavy (non-hydrogen) atoms. The molecular weight excluding hydrogens is 346 g/mol. The fraction of sp³-hybridized carbons (Fsp3) is 0.292. The largest absolute Gasteiger partial charge is 0.486 e. The average Bonchev–Trinajstić information content (AvgIpc) is 3.16. The van der Waals surface area contributed by atoms with Gasteiger partial charge in [0.2, 0.25) is 0 Å². The predicted molar refractivity (Wildman–Crippen MR) is 112 cm³/mol. The zero-order valence-corrected chi connectivity index (χ0v) is 16.3. The van der Waals surface area contributed by atoms with E-state index >= 15 is 0 Å². The van der Waals surface area contributed by atoms with Crippen LogP contribution < -0.4 is 4.74 Å². The van der Waals surface area contributed by atoms with Crippen molar-refractivity contribution in [3.8, 4) is 16.9 Å². The fourth-order valence-corrected chi connectivity index (χ4v) is 4.18. The number of hydrogen-bond acceptors (Lipinski definition) is 2. The summed E-state index contributed by atoms with van der Waals surface area (Å²) in [7, 11) is 0. The fourth-order valence-electron chi connectivity index (χ4n) is 4.18. The molecule has 3 heterocycles. The molecule has 0 bridgehead atoms. The van der Waals surface area contributed by atoms with E-state index in [9.17, 15) is 0 Å². The quantitative estimate of drug-likeness (QED) is 0.478. The molecule has 0 atom stereocenters. The Bertz CT molecular complexity index is 1090. The van der Waals surface area contributed by atoms with Crippen molar-refractivity contribution in [1.82, 2.24) is 14.2 Å². The Kier molecular flexibility index (Phi) is 4.40. The molecule has 1 aliphatic rings. The molecule has 0 N–H and O–H groups in total. The summed E-state index contributed by atoms with van der Waals surface area (Å²) in [5.74, 6) is 1.88. The lowest BCUT2D eigenvalue weighted by Crippen LogP contribution is -2.07. The summed E-state index contributed by atoms with van der Waals surface area (Å²) < 4.78 is 10.4. The van der Waals surface area contributed by atoms with Crippen molar-refractivity contribution in [3.63, 3.8) is 0 Å². The lowest BCUT2D eigenvalue weighted by Gasteiger charge is -2.08. The molecule has 0 unspecified atom stereocenters. The zero-order chi connectivity index (χ0) is 18.9. The van der Waals surface area contributed by atoms with E-state index in [2.05, 4.69) is 46.5 Å². The van der Waals surface area contributed by atoms with Crippen LogP contribution in [0, 0.1) is 0 Å². The standard InChI is InChI=1S/C24H25N3O/c1-2-18-11-13-19(14-12-18)22-16-27-24-21(22)10-6-7-15-26(24)23(25-27)17-28-20-8-4-3-5-9-20/h3-5,8-9,11-14,16H,2,6-7,10,15,17H2,1H3. The van der Waals surface area contributed by atoms with Crippen LogP contribution in [0.4, 0.5) is 0 Å². The predicted octanol–water partition coefficient (Wildman–Crippen LogP) is 5.28. The normalized spacial score (nSPS) is 13.6. The maximum Gasteiger partial charge on any atom is 0.169 e. The van der Waals surface area contributed by atoms with Gasteiger partial charge in [0.1, 0.15) is 18.0 Å². The van der Waals surface area contributed by atoms with E-state index in [1.165, 1.54) is 40.7 Å². The topological polar surface area (TPSA) is 31.5 Å². The molecule has 142 valence electrons. The van der Waals surface area contributed by atoms with Crippen molar-refractivity contribution < 1.29 is 4.74 Å². The molecule has 4 nitrogen and oxygen atoms in total. The van der Waals surface area contributed by atoms with E-state index in [4.69, 9.17) is 9.84 Å². The Hall–Kier alpha value is -3.01. The second-order valence-corrected chi connectivity index (χ2v) is 7.47. The Balaban J connectivity index is 1.53. The SMILES string of the molecule is CCc1ccc(-c2cn3nc(COc4ccccc4)n4c3c2CCCC4)cc1. The lowest BCUT2D eigenvalue weighted by molar-refractivity contribution is 0.288. The molecular formula is C24H25N3O. The van der Waals surface area contributed by atoms with E-state index < -0.39 is 0 Å². The highest BCUT2D eigenvalue weighted by molar-refractivity contribution is 5.75. The van der Waals surface area contributed by atoms with Crippen molar-refractivity contribution in [3.05, 3.63) is 77.7 Å². The molecule has 0 saturated carbocycles. The van der Waals surface area contributed by atoms with Crippen LogP contribution in [0.3, 0.4) is 0 Å². The number of rotatable bonds is 5. The third-order valence-corrected chi connectivity index (χ3v) is 5.70. The summed E-state index contributed by atoms with van der Waals surface area (Å²) in [4.78, 5) is 0. The van der Waals surface area contributed by atoms with Gasteiger partial charge in [-0.25, -0.2) is 4.52 Å². The summed E-state index contributed by atoms with van der Waals surface area (Å²) in [5.41, 5.74) is 6.63. The maximum atomic E-state index is 5.98. The van der Waals surface area contributed by atoms with Crippen LogP contribution in [0.1, 0.15) is 36.7 Å². The first-order chi connectivity index (χ1) is 13.8. The Labute approximate surface area is 165 Å². The number of aromatic nitrogens is 3. The maximum absolute atomic E-state index is 5.98. The van der Waals surface area contributed by atoms with Crippen LogP contribution in [0.5, 0.6) is 5.75 Å². The van der Waals surface area contributed by atoms with Crippen molar-refractivity contribution in [1.29, 1.82) is 0 Å². The van der Waals surface area contributed by atoms with Gasteiger partial charge in [-0.2, -0.15) is 0 Å². The molecule has 0 fully saturated rings. The third kappa shape index (κ3) is 2.99. The molecule has 0 saturated heterocycles. The molecule has 0 radical (unpaired) electrons. The van der Waals surface area contributed by atoms with Crippen molar-refractivity contribution in [2.45, 2.75) is 45.8 Å². The monoisotopic (exact) mass is 371 g/mol. The van der Waals surface area contributed by atoms with Gasteiger partial charge in [0, 0.05) is 23.9 Å². The molecule has 1 aliphatic heterocycles. The Morgan fingerprint density at radius 1 is 1.00 bits per heavy atom. The molecule has 0 amide bonds. The van der Waals surface area contributed by atoms with E-state index in [1.807, 2.05) is 30.3 Å². The smallest absolute Gasteiger partial charge is 0.169 e.